The number of anilines is 1. The van der Waals surface area contributed by atoms with Crippen molar-refractivity contribution in [3.05, 3.63) is 65.2 Å². The Morgan fingerprint density at radius 3 is 2.36 bits per heavy atom. The summed E-state index contributed by atoms with van der Waals surface area (Å²) in [4.78, 5) is 38.2. The Morgan fingerprint density at radius 2 is 1.75 bits per heavy atom. The minimum absolute atomic E-state index is 0.0742. The summed E-state index contributed by atoms with van der Waals surface area (Å²) in [5.41, 5.74) is 1.89. The number of benzene rings is 2. The second kappa shape index (κ2) is 8.18. The number of nitrogens with zero attached hydrogens (tertiary/aromatic N) is 2. The monoisotopic (exact) mass is 375 g/mol. The van der Waals surface area contributed by atoms with Crippen LogP contribution in [-0.2, 0) is 16.0 Å². The highest BCUT2D eigenvalue weighted by Gasteiger charge is 2.36. The number of amides is 4. The molecule has 0 spiro atoms. The van der Waals surface area contributed by atoms with Crippen molar-refractivity contribution in [2.75, 3.05) is 11.5 Å². The molecule has 1 heterocycles. The highest BCUT2D eigenvalue weighted by Crippen LogP contribution is 2.23. The molecular formula is C21H17N3O4. The fourth-order valence-corrected chi connectivity index (χ4v) is 2.72. The van der Waals surface area contributed by atoms with Crippen LogP contribution in [0.25, 0.3) is 6.08 Å². The summed E-state index contributed by atoms with van der Waals surface area (Å²) >= 11 is 0. The van der Waals surface area contributed by atoms with Crippen molar-refractivity contribution in [1.29, 1.82) is 5.26 Å². The number of hydrogen-bond acceptors (Lipinski definition) is 5. The molecule has 0 aliphatic carbocycles. The lowest BCUT2D eigenvalue weighted by Crippen LogP contribution is -2.54. The number of nitrogens with one attached hydrogen (secondary N) is 1. The number of urea groups is 1. The van der Waals surface area contributed by atoms with Crippen LogP contribution in [0.5, 0.6) is 5.75 Å². The first-order valence-electron chi connectivity index (χ1n) is 8.63. The Morgan fingerprint density at radius 1 is 1.07 bits per heavy atom. The van der Waals surface area contributed by atoms with Gasteiger partial charge in [0.15, 0.2) is 6.61 Å². The molecule has 2 aromatic carbocycles. The van der Waals surface area contributed by atoms with Crippen molar-refractivity contribution in [2.45, 2.75) is 13.3 Å². The Bertz CT molecular complexity index is 986. The Balaban J connectivity index is 1.88. The van der Waals surface area contributed by atoms with Crippen LogP contribution < -0.4 is 15.0 Å². The molecule has 1 fully saturated rings. The molecule has 0 atom stereocenters. The molecule has 1 aliphatic heterocycles. The molecule has 28 heavy (non-hydrogen) atoms. The van der Waals surface area contributed by atoms with Crippen molar-refractivity contribution < 1.29 is 19.1 Å². The molecule has 7 nitrogen and oxygen atoms in total. The minimum Gasteiger partial charge on any atom is -0.479 e. The number of imide groups is 2. The van der Waals surface area contributed by atoms with Crippen molar-refractivity contribution >= 4 is 29.6 Å². The molecule has 0 unspecified atom stereocenters. The molecule has 2 aromatic rings. The number of ether oxygens (including phenoxy) is 1. The second-order valence-corrected chi connectivity index (χ2v) is 5.99. The van der Waals surface area contributed by atoms with Gasteiger partial charge in [-0.25, -0.2) is 9.69 Å². The van der Waals surface area contributed by atoms with E-state index in [9.17, 15) is 14.4 Å². The third-order valence-electron chi connectivity index (χ3n) is 4.20. The maximum atomic E-state index is 12.8. The maximum absolute atomic E-state index is 12.8. The molecule has 0 radical (unpaired) electrons. The van der Waals surface area contributed by atoms with E-state index < -0.39 is 17.8 Å². The summed E-state index contributed by atoms with van der Waals surface area (Å²) in [6.45, 7) is 1.93. The van der Waals surface area contributed by atoms with Gasteiger partial charge in [0, 0.05) is 0 Å². The molecule has 3 rings (SSSR count). The summed E-state index contributed by atoms with van der Waals surface area (Å²) < 4.78 is 5.17. The molecule has 1 aliphatic rings. The third-order valence-corrected chi connectivity index (χ3v) is 4.20. The van der Waals surface area contributed by atoms with Gasteiger partial charge in [-0.15, -0.1) is 0 Å². The number of carbonyl (C=O) groups excluding carboxylic acids is 3. The van der Waals surface area contributed by atoms with Gasteiger partial charge in [0.05, 0.1) is 5.69 Å². The van der Waals surface area contributed by atoms with Gasteiger partial charge in [-0.3, -0.25) is 14.9 Å². The van der Waals surface area contributed by atoms with Gasteiger partial charge in [-0.1, -0.05) is 31.2 Å². The van der Waals surface area contributed by atoms with E-state index in [1.807, 2.05) is 25.1 Å². The van der Waals surface area contributed by atoms with E-state index in [2.05, 4.69) is 5.32 Å². The van der Waals surface area contributed by atoms with E-state index in [0.29, 0.717) is 17.0 Å². The summed E-state index contributed by atoms with van der Waals surface area (Å²) in [6.07, 6.45) is 2.24. The molecular weight excluding hydrogens is 358 g/mol. The summed E-state index contributed by atoms with van der Waals surface area (Å²) in [7, 11) is 0. The molecule has 0 aromatic heterocycles. The first kappa shape index (κ1) is 18.9. The van der Waals surface area contributed by atoms with Crippen LogP contribution in [-0.4, -0.2) is 24.5 Å². The zero-order valence-corrected chi connectivity index (χ0v) is 15.1. The number of barbiturate groups is 1. The van der Waals surface area contributed by atoms with Crippen LogP contribution in [0.1, 0.15) is 18.1 Å². The maximum Gasteiger partial charge on any atom is 0.335 e. The summed E-state index contributed by atoms with van der Waals surface area (Å²) in [5.74, 6) is -0.944. The topological polar surface area (TPSA) is 99.5 Å². The molecule has 140 valence electrons. The highest BCUT2D eigenvalue weighted by molar-refractivity contribution is 6.39. The first-order chi connectivity index (χ1) is 13.5. The Kier molecular flexibility index (Phi) is 5.51. The lowest BCUT2D eigenvalue weighted by Gasteiger charge is -2.26. The third kappa shape index (κ3) is 3.91. The van der Waals surface area contributed by atoms with Crippen molar-refractivity contribution in [2.24, 2.45) is 0 Å². The lowest BCUT2D eigenvalue weighted by molar-refractivity contribution is -0.122. The van der Waals surface area contributed by atoms with Crippen molar-refractivity contribution in [1.82, 2.24) is 5.32 Å². The average Bonchev–Trinajstić information content (AvgIpc) is 2.71. The fourth-order valence-electron chi connectivity index (χ4n) is 2.72. The fraction of sp³-hybridized carbons (Fsp3) is 0.143. The van der Waals surface area contributed by atoms with E-state index >= 15 is 0 Å². The highest BCUT2D eigenvalue weighted by atomic mass is 16.5. The molecule has 1 saturated heterocycles. The van der Waals surface area contributed by atoms with Crippen LogP contribution in [0, 0.1) is 11.3 Å². The zero-order chi connectivity index (χ0) is 20.1. The van der Waals surface area contributed by atoms with Crippen LogP contribution in [0.15, 0.2) is 54.1 Å². The van der Waals surface area contributed by atoms with E-state index in [0.717, 1.165) is 16.9 Å². The van der Waals surface area contributed by atoms with Gasteiger partial charge in [0.1, 0.15) is 17.4 Å². The number of carbonyl (C=O) groups is 3. The number of aryl methyl sites for hydroxylation is 1. The normalized spacial score (nSPS) is 15.4. The van der Waals surface area contributed by atoms with Crippen LogP contribution in [0.4, 0.5) is 10.5 Å². The molecule has 1 N–H and O–H groups in total. The predicted octanol–water partition coefficient (Wildman–Crippen LogP) is 2.82. The van der Waals surface area contributed by atoms with E-state index in [-0.39, 0.29) is 12.2 Å². The SMILES string of the molecule is CCc1ccc(N2C(=O)NC(=O)/C(=C/c3ccc(OCC#N)cc3)C2=O)cc1. The quantitative estimate of drug-likeness (QED) is 0.640. The Hall–Kier alpha value is -3.92. The van der Waals surface area contributed by atoms with Gasteiger partial charge >= 0.3 is 6.03 Å². The summed E-state index contributed by atoms with van der Waals surface area (Å²) in [5, 5.41) is 10.7. The van der Waals surface area contributed by atoms with Gasteiger partial charge in [0.2, 0.25) is 0 Å². The number of nitriles is 1. The van der Waals surface area contributed by atoms with Crippen LogP contribution in [0.2, 0.25) is 0 Å². The number of hydrogen-bond donors (Lipinski definition) is 1. The minimum atomic E-state index is -0.781. The predicted molar refractivity (Wildman–Crippen MR) is 102 cm³/mol. The van der Waals surface area contributed by atoms with Gasteiger partial charge in [0.25, 0.3) is 11.8 Å². The molecule has 0 saturated carbocycles. The molecule has 4 amide bonds. The molecule has 0 bridgehead atoms. The van der Waals surface area contributed by atoms with Crippen molar-refractivity contribution in [3.63, 3.8) is 0 Å². The van der Waals surface area contributed by atoms with Crippen LogP contribution in [0.3, 0.4) is 0 Å². The van der Waals surface area contributed by atoms with E-state index in [4.69, 9.17) is 10.00 Å². The van der Waals surface area contributed by atoms with E-state index in [1.54, 1.807) is 36.4 Å². The second-order valence-electron chi connectivity index (χ2n) is 5.99. The average molecular weight is 375 g/mol. The Labute approximate surface area is 161 Å². The first-order valence-corrected chi connectivity index (χ1v) is 8.63. The standard InChI is InChI=1S/C21H17N3O4/c1-2-14-3-7-16(8-4-14)24-20(26)18(19(25)23-21(24)27)13-15-5-9-17(10-6-15)28-12-11-22/h3-10,13H,2,12H2,1H3,(H,23,25,27)/b18-13-. The van der Waals surface area contributed by atoms with E-state index in [1.165, 1.54) is 6.08 Å². The van der Waals surface area contributed by atoms with Gasteiger partial charge in [-0.2, -0.15) is 5.26 Å². The van der Waals surface area contributed by atoms with Crippen LogP contribution >= 0.6 is 0 Å². The smallest absolute Gasteiger partial charge is 0.335 e. The van der Waals surface area contributed by atoms with Crippen molar-refractivity contribution in [3.8, 4) is 11.8 Å². The summed E-state index contributed by atoms with van der Waals surface area (Å²) in [6, 6.07) is 14.6. The molecule has 7 heteroatoms. The van der Waals surface area contributed by atoms with Gasteiger partial charge in [-0.05, 0) is 47.9 Å². The largest absolute Gasteiger partial charge is 0.479 e. The van der Waals surface area contributed by atoms with Gasteiger partial charge < -0.3 is 4.74 Å². The number of rotatable bonds is 5. The lowest BCUT2D eigenvalue weighted by atomic mass is 10.1. The zero-order valence-electron chi connectivity index (χ0n) is 15.1.